The van der Waals surface area contributed by atoms with E-state index >= 15 is 0 Å². The van der Waals surface area contributed by atoms with Crippen LogP contribution in [0.5, 0.6) is 0 Å². The van der Waals surface area contributed by atoms with Gasteiger partial charge < -0.3 is 5.73 Å². The Morgan fingerprint density at radius 1 is 1.07 bits per heavy atom. The summed E-state index contributed by atoms with van der Waals surface area (Å²) in [7, 11) is -2.73. The van der Waals surface area contributed by atoms with Crippen molar-refractivity contribution in [2.75, 3.05) is 24.6 Å². The molecular weight excluding hydrogens is 200 g/mol. The van der Waals surface area contributed by atoms with Gasteiger partial charge in [0, 0.05) is 24.2 Å². The lowest BCUT2D eigenvalue weighted by atomic mass is 9.44. The van der Waals surface area contributed by atoms with Gasteiger partial charge in [-0.05, 0) is 19.3 Å². The summed E-state index contributed by atoms with van der Waals surface area (Å²) in [6.07, 6.45) is 3.25. The van der Waals surface area contributed by atoms with Gasteiger partial charge in [-0.3, -0.25) is 4.90 Å². The molecule has 2 N–H and O–H groups in total. The summed E-state index contributed by atoms with van der Waals surface area (Å²) >= 11 is 0. The van der Waals surface area contributed by atoms with Crippen LogP contribution in [0.2, 0.25) is 0 Å². The molecule has 0 radical (unpaired) electrons. The fourth-order valence-electron chi connectivity index (χ4n) is 3.33. The summed E-state index contributed by atoms with van der Waals surface area (Å²) in [5.41, 5.74) is 6.42. The largest absolute Gasteiger partial charge is 0.325 e. The summed E-state index contributed by atoms with van der Waals surface area (Å²) in [4.78, 5) is 2.35. The molecule has 14 heavy (non-hydrogen) atoms. The molecule has 3 aliphatic carbocycles. The molecule has 4 rings (SSSR count). The predicted molar refractivity (Wildman–Crippen MR) is 53.7 cm³/mol. The third-order valence-corrected chi connectivity index (χ3v) is 5.67. The lowest BCUT2D eigenvalue weighted by molar-refractivity contribution is -0.159. The standard InChI is InChI=1S/C9H16N2O2S/c10-8-5-9(6-8,7-8)11-1-3-14(12,13)4-2-11/h1-7,10H2. The van der Waals surface area contributed by atoms with Gasteiger partial charge in [0.25, 0.3) is 0 Å². The highest BCUT2D eigenvalue weighted by molar-refractivity contribution is 7.91. The van der Waals surface area contributed by atoms with Crippen LogP contribution in [0, 0.1) is 0 Å². The molecule has 1 saturated heterocycles. The van der Waals surface area contributed by atoms with Gasteiger partial charge in [0.15, 0.2) is 9.84 Å². The van der Waals surface area contributed by atoms with Crippen LogP contribution < -0.4 is 5.73 Å². The van der Waals surface area contributed by atoms with Gasteiger partial charge in [0.2, 0.25) is 0 Å². The lowest BCUT2D eigenvalue weighted by Gasteiger charge is -2.73. The highest BCUT2D eigenvalue weighted by Crippen LogP contribution is 2.62. The first-order valence-electron chi connectivity index (χ1n) is 5.18. The number of rotatable bonds is 1. The van der Waals surface area contributed by atoms with Gasteiger partial charge in [-0.25, -0.2) is 8.42 Å². The first kappa shape index (κ1) is 9.12. The number of nitrogens with two attached hydrogens (primary N) is 1. The van der Waals surface area contributed by atoms with Crippen molar-refractivity contribution in [2.24, 2.45) is 5.73 Å². The van der Waals surface area contributed by atoms with Gasteiger partial charge in [-0.1, -0.05) is 0 Å². The second kappa shape index (κ2) is 2.33. The van der Waals surface area contributed by atoms with E-state index in [0.29, 0.717) is 17.0 Å². The summed E-state index contributed by atoms with van der Waals surface area (Å²) in [5, 5.41) is 0. The first-order chi connectivity index (χ1) is 6.43. The number of nitrogens with zero attached hydrogens (tertiary/aromatic N) is 1. The molecule has 1 aliphatic heterocycles. The van der Waals surface area contributed by atoms with E-state index in [9.17, 15) is 8.42 Å². The van der Waals surface area contributed by atoms with Crippen molar-refractivity contribution >= 4 is 9.84 Å². The molecule has 2 bridgehead atoms. The molecule has 0 aromatic heterocycles. The normalized spacial score (nSPS) is 50.6. The van der Waals surface area contributed by atoms with Crippen LogP contribution in [-0.4, -0.2) is 49.0 Å². The van der Waals surface area contributed by atoms with Crippen LogP contribution in [0.1, 0.15) is 19.3 Å². The lowest BCUT2D eigenvalue weighted by Crippen LogP contribution is -2.83. The summed E-state index contributed by atoms with van der Waals surface area (Å²) in [5.74, 6) is 0.679. The quantitative estimate of drug-likeness (QED) is 0.633. The molecule has 0 spiro atoms. The molecule has 0 aromatic rings. The number of sulfone groups is 1. The molecule has 5 heteroatoms. The molecule has 0 unspecified atom stereocenters. The van der Waals surface area contributed by atoms with Gasteiger partial charge in [0.1, 0.15) is 0 Å². The minimum absolute atomic E-state index is 0.121. The van der Waals surface area contributed by atoms with Crippen molar-refractivity contribution < 1.29 is 8.42 Å². The third-order valence-electron chi connectivity index (χ3n) is 4.06. The molecule has 4 fully saturated rings. The molecule has 0 atom stereocenters. The summed E-state index contributed by atoms with van der Waals surface area (Å²) in [6.45, 7) is 1.44. The minimum Gasteiger partial charge on any atom is -0.325 e. The highest BCUT2D eigenvalue weighted by Gasteiger charge is 2.68. The number of hydrogen-bond acceptors (Lipinski definition) is 4. The van der Waals surface area contributed by atoms with E-state index in [4.69, 9.17) is 5.73 Å². The second-order valence-corrected chi connectivity index (χ2v) is 7.56. The molecule has 4 nitrogen and oxygen atoms in total. The van der Waals surface area contributed by atoms with Crippen LogP contribution in [0.3, 0.4) is 0 Å². The molecule has 3 saturated carbocycles. The fraction of sp³-hybridized carbons (Fsp3) is 1.00. The Bertz CT molecular complexity index is 342. The van der Waals surface area contributed by atoms with Gasteiger partial charge in [-0.2, -0.15) is 0 Å². The molecule has 1 heterocycles. The van der Waals surface area contributed by atoms with Crippen LogP contribution in [0.25, 0.3) is 0 Å². The van der Waals surface area contributed by atoms with E-state index in [2.05, 4.69) is 4.90 Å². The monoisotopic (exact) mass is 216 g/mol. The van der Waals surface area contributed by atoms with Crippen LogP contribution in [0.4, 0.5) is 0 Å². The van der Waals surface area contributed by atoms with Crippen molar-refractivity contribution in [1.82, 2.24) is 4.90 Å². The van der Waals surface area contributed by atoms with E-state index in [-0.39, 0.29) is 5.54 Å². The maximum Gasteiger partial charge on any atom is 0.152 e. The third kappa shape index (κ3) is 1.09. The van der Waals surface area contributed by atoms with Crippen molar-refractivity contribution in [2.45, 2.75) is 30.3 Å². The zero-order chi connectivity index (χ0) is 10.0. The van der Waals surface area contributed by atoms with Crippen LogP contribution >= 0.6 is 0 Å². The Labute approximate surface area is 84.4 Å². The maximum absolute atomic E-state index is 11.3. The van der Waals surface area contributed by atoms with Crippen molar-refractivity contribution in [3.8, 4) is 0 Å². The highest BCUT2D eigenvalue weighted by atomic mass is 32.2. The topological polar surface area (TPSA) is 63.4 Å². The minimum atomic E-state index is -2.73. The Morgan fingerprint density at radius 2 is 1.57 bits per heavy atom. The zero-order valence-electron chi connectivity index (χ0n) is 8.20. The van der Waals surface area contributed by atoms with Crippen LogP contribution in [-0.2, 0) is 9.84 Å². The Hall–Kier alpha value is -0.130. The van der Waals surface area contributed by atoms with E-state index in [1.807, 2.05) is 0 Å². The number of hydrogen-bond donors (Lipinski definition) is 1. The van der Waals surface area contributed by atoms with Crippen molar-refractivity contribution in [3.63, 3.8) is 0 Å². The zero-order valence-corrected chi connectivity index (χ0v) is 9.02. The molecule has 0 amide bonds. The molecule has 0 aromatic carbocycles. The van der Waals surface area contributed by atoms with Gasteiger partial charge >= 0.3 is 0 Å². The predicted octanol–water partition coefficient (Wildman–Crippen LogP) is -0.649. The summed E-state index contributed by atoms with van der Waals surface area (Å²) < 4.78 is 22.5. The maximum atomic E-state index is 11.3. The Balaban J connectivity index is 1.67. The van der Waals surface area contributed by atoms with E-state index in [1.165, 1.54) is 0 Å². The van der Waals surface area contributed by atoms with Gasteiger partial charge in [-0.15, -0.1) is 0 Å². The van der Waals surface area contributed by atoms with E-state index in [0.717, 1.165) is 32.4 Å². The van der Waals surface area contributed by atoms with Gasteiger partial charge in [0.05, 0.1) is 11.5 Å². The van der Waals surface area contributed by atoms with Crippen LogP contribution in [0.15, 0.2) is 0 Å². The molecule has 80 valence electrons. The van der Waals surface area contributed by atoms with Crippen molar-refractivity contribution in [3.05, 3.63) is 0 Å². The Morgan fingerprint density at radius 3 is 2.00 bits per heavy atom. The first-order valence-corrected chi connectivity index (χ1v) is 7.00. The molecule has 4 aliphatic rings. The Kier molecular flexibility index (Phi) is 1.52. The smallest absolute Gasteiger partial charge is 0.152 e. The second-order valence-electron chi connectivity index (χ2n) is 5.26. The average molecular weight is 216 g/mol. The van der Waals surface area contributed by atoms with Crippen molar-refractivity contribution in [1.29, 1.82) is 0 Å². The SMILES string of the molecule is NC12CC(N3CCS(=O)(=O)CC3)(C1)C2. The van der Waals surface area contributed by atoms with E-state index in [1.54, 1.807) is 0 Å². The fourth-order valence-corrected chi connectivity index (χ4v) is 4.53. The van der Waals surface area contributed by atoms with E-state index < -0.39 is 9.84 Å². The summed E-state index contributed by atoms with van der Waals surface area (Å²) in [6, 6.07) is 0. The molecular formula is C9H16N2O2S. The average Bonchev–Trinajstić information content (AvgIpc) is 1.98.